The molecule has 0 unspecified atom stereocenters. The van der Waals surface area contributed by atoms with Crippen molar-refractivity contribution in [2.24, 2.45) is 0 Å². The molecule has 0 radical (unpaired) electrons. The minimum Gasteiger partial charge on any atom is -0.497 e. The number of anilines is 3. The second kappa shape index (κ2) is 7.43. The van der Waals surface area contributed by atoms with Gasteiger partial charge >= 0.3 is 0 Å². The van der Waals surface area contributed by atoms with E-state index in [0.29, 0.717) is 24.2 Å². The number of ketones is 1. The molecule has 0 spiro atoms. The van der Waals surface area contributed by atoms with Crippen molar-refractivity contribution in [3.05, 3.63) is 82.6 Å². The summed E-state index contributed by atoms with van der Waals surface area (Å²) in [5.41, 5.74) is 16.5. The largest absolute Gasteiger partial charge is 0.497 e. The number of carbonyl (C=O) groups excluding carboxylic acids is 1. The summed E-state index contributed by atoms with van der Waals surface area (Å²) in [6.45, 7) is 0. The Hall–Kier alpha value is -3.87. The lowest BCUT2D eigenvalue weighted by molar-refractivity contribution is -0.116. The van der Waals surface area contributed by atoms with Crippen LogP contribution in [0.15, 0.2) is 65.9 Å². The van der Waals surface area contributed by atoms with E-state index in [0.717, 1.165) is 28.1 Å². The van der Waals surface area contributed by atoms with Crippen molar-refractivity contribution in [3.63, 3.8) is 0 Å². The fourth-order valence-corrected chi connectivity index (χ4v) is 4.65. The van der Waals surface area contributed by atoms with Crippen molar-refractivity contribution < 1.29 is 9.53 Å². The predicted octanol–water partition coefficient (Wildman–Crippen LogP) is 3.61. The van der Waals surface area contributed by atoms with Crippen molar-refractivity contribution in [2.75, 3.05) is 23.9 Å². The standard InChI is InChI=1S/C24H23N5O2/c1-31-16-9-7-14(8-10-16)19-20-17(27-23-21(19)22(25)28-24(26)29-23)11-15(12-18(20)30)13-5-3-2-4-6-13/h2-10,15,19H,11-12H2,1H3,(H5,25,26,27,28,29)/t15-,19+/m0/s1. The van der Waals surface area contributed by atoms with Gasteiger partial charge in [0.1, 0.15) is 17.4 Å². The maximum Gasteiger partial charge on any atom is 0.223 e. The molecule has 2 heterocycles. The number of Topliss-reactive ketones (excluding diaryl/α,β-unsaturated/α-hetero) is 1. The zero-order chi connectivity index (χ0) is 21.5. The Morgan fingerprint density at radius 3 is 2.42 bits per heavy atom. The first kappa shape index (κ1) is 19.1. The first-order valence-electron chi connectivity index (χ1n) is 10.2. The van der Waals surface area contributed by atoms with Gasteiger partial charge in [-0.15, -0.1) is 0 Å². The van der Waals surface area contributed by atoms with Crippen LogP contribution >= 0.6 is 0 Å². The number of hydrogen-bond acceptors (Lipinski definition) is 7. The van der Waals surface area contributed by atoms with Crippen molar-refractivity contribution in [1.29, 1.82) is 0 Å². The molecule has 1 aliphatic heterocycles. The lowest BCUT2D eigenvalue weighted by atomic mass is 9.72. The maximum atomic E-state index is 13.5. The Balaban J connectivity index is 1.65. The van der Waals surface area contributed by atoms with E-state index in [1.807, 2.05) is 42.5 Å². The minimum atomic E-state index is -0.359. The van der Waals surface area contributed by atoms with Crippen molar-refractivity contribution >= 4 is 23.4 Å². The number of methoxy groups -OCH3 is 1. The fraction of sp³-hybridized carbons (Fsp3) is 0.208. The van der Waals surface area contributed by atoms with E-state index in [1.54, 1.807) is 7.11 Å². The molecule has 1 aliphatic carbocycles. The molecule has 0 saturated heterocycles. The van der Waals surface area contributed by atoms with E-state index in [2.05, 4.69) is 27.4 Å². The average Bonchev–Trinajstić information content (AvgIpc) is 2.78. The quantitative estimate of drug-likeness (QED) is 0.601. The van der Waals surface area contributed by atoms with Crippen LogP contribution in [0, 0.1) is 0 Å². The molecule has 0 fully saturated rings. The third-order valence-electron chi connectivity index (χ3n) is 6.07. The summed E-state index contributed by atoms with van der Waals surface area (Å²) in [5.74, 6) is 1.53. The van der Waals surface area contributed by atoms with Gasteiger partial charge in [-0.25, -0.2) is 0 Å². The Morgan fingerprint density at radius 2 is 1.71 bits per heavy atom. The van der Waals surface area contributed by atoms with Crippen molar-refractivity contribution in [1.82, 2.24) is 9.97 Å². The van der Waals surface area contributed by atoms with Crippen LogP contribution in [-0.4, -0.2) is 22.9 Å². The summed E-state index contributed by atoms with van der Waals surface area (Å²) >= 11 is 0. The third-order valence-corrected chi connectivity index (χ3v) is 6.07. The smallest absolute Gasteiger partial charge is 0.223 e. The molecule has 1 aromatic heterocycles. The van der Waals surface area contributed by atoms with Crippen LogP contribution in [0.1, 0.15) is 41.4 Å². The Kier molecular flexibility index (Phi) is 4.58. The molecular weight excluding hydrogens is 390 g/mol. The van der Waals surface area contributed by atoms with Gasteiger partial charge in [-0.1, -0.05) is 42.5 Å². The summed E-state index contributed by atoms with van der Waals surface area (Å²) in [6.07, 6.45) is 1.16. The highest BCUT2D eigenvalue weighted by Crippen LogP contribution is 2.49. The summed E-state index contributed by atoms with van der Waals surface area (Å²) in [5, 5.41) is 3.36. The first-order chi connectivity index (χ1) is 15.0. The van der Waals surface area contributed by atoms with Gasteiger partial charge in [0.05, 0.1) is 7.11 Å². The monoisotopic (exact) mass is 413 g/mol. The zero-order valence-corrected chi connectivity index (χ0v) is 17.1. The Morgan fingerprint density at radius 1 is 0.968 bits per heavy atom. The van der Waals surface area contributed by atoms with E-state index >= 15 is 0 Å². The SMILES string of the molecule is COc1ccc([C@@H]2C3=C(C[C@H](c4ccccc4)CC3=O)Nc3nc(N)nc(N)c32)cc1. The van der Waals surface area contributed by atoms with Gasteiger partial charge in [0.25, 0.3) is 0 Å². The van der Waals surface area contributed by atoms with Crippen LogP contribution in [0.25, 0.3) is 0 Å². The number of benzene rings is 2. The highest BCUT2D eigenvalue weighted by molar-refractivity contribution is 6.02. The highest BCUT2D eigenvalue weighted by Gasteiger charge is 2.40. The molecule has 2 atom stereocenters. The Bertz CT molecular complexity index is 1190. The number of fused-ring (bicyclic) bond motifs is 1. The number of rotatable bonds is 3. The molecular formula is C24H23N5O2. The van der Waals surface area contributed by atoms with E-state index in [-0.39, 0.29) is 29.4 Å². The van der Waals surface area contributed by atoms with Gasteiger partial charge < -0.3 is 21.5 Å². The van der Waals surface area contributed by atoms with E-state index in [1.165, 1.54) is 0 Å². The topological polar surface area (TPSA) is 116 Å². The predicted molar refractivity (Wildman–Crippen MR) is 120 cm³/mol. The third kappa shape index (κ3) is 3.28. The molecule has 2 aliphatic rings. The van der Waals surface area contributed by atoms with E-state index < -0.39 is 0 Å². The number of hydrogen-bond donors (Lipinski definition) is 3. The molecule has 3 aromatic rings. The summed E-state index contributed by atoms with van der Waals surface area (Å²) in [6, 6.07) is 17.8. The fourth-order valence-electron chi connectivity index (χ4n) is 4.65. The second-order valence-electron chi connectivity index (χ2n) is 7.89. The van der Waals surface area contributed by atoms with Crippen LogP contribution in [0.4, 0.5) is 17.6 Å². The lowest BCUT2D eigenvalue weighted by Gasteiger charge is -2.36. The van der Waals surface area contributed by atoms with E-state index in [9.17, 15) is 4.79 Å². The molecule has 156 valence electrons. The minimum absolute atomic E-state index is 0.100. The number of ether oxygens (including phenoxy) is 1. The number of carbonyl (C=O) groups is 1. The number of nitrogen functional groups attached to an aromatic ring is 2. The van der Waals surface area contributed by atoms with Crippen LogP contribution < -0.4 is 21.5 Å². The van der Waals surface area contributed by atoms with Crippen LogP contribution in [0.5, 0.6) is 5.75 Å². The van der Waals surface area contributed by atoms with E-state index in [4.69, 9.17) is 16.2 Å². The number of allylic oxidation sites excluding steroid dienone is 2. The van der Waals surface area contributed by atoms with Crippen LogP contribution in [0.2, 0.25) is 0 Å². The number of nitrogens with zero attached hydrogens (tertiary/aromatic N) is 2. The number of nitrogens with one attached hydrogen (secondary N) is 1. The van der Waals surface area contributed by atoms with Crippen molar-refractivity contribution in [3.8, 4) is 5.75 Å². The van der Waals surface area contributed by atoms with Crippen LogP contribution in [0.3, 0.4) is 0 Å². The molecule has 5 N–H and O–H groups in total. The normalized spacial score (nSPS) is 20.0. The molecule has 5 rings (SSSR count). The van der Waals surface area contributed by atoms with Gasteiger partial charge in [0, 0.05) is 29.2 Å². The summed E-state index contributed by atoms with van der Waals surface area (Å²) in [7, 11) is 1.62. The van der Waals surface area contributed by atoms with Crippen molar-refractivity contribution in [2.45, 2.75) is 24.7 Å². The van der Waals surface area contributed by atoms with Gasteiger partial charge in [-0.05, 0) is 35.6 Å². The molecule has 31 heavy (non-hydrogen) atoms. The number of nitrogens with two attached hydrogens (primary N) is 2. The summed E-state index contributed by atoms with van der Waals surface area (Å²) < 4.78 is 5.30. The zero-order valence-electron chi connectivity index (χ0n) is 17.1. The van der Waals surface area contributed by atoms with Gasteiger partial charge in [-0.3, -0.25) is 4.79 Å². The molecule has 0 amide bonds. The van der Waals surface area contributed by atoms with Crippen LogP contribution in [-0.2, 0) is 4.79 Å². The number of aromatic nitrogens is 2. The first-order valence-corrected chi connectivity index (χ1v) is 10.2. The Labute approximate surface area is 180 Å². The summed E-state index contributed by atoms with van der Waals surface area (Å²) in [4.78, 5) is 22.0. The highest BCUT2D eigenvalue weighted by atomic mass is 16.5. The molecule has 7 nitrogen and oxygen atoms in total. The van der Waals surface area contributed by atoms with Gasteiger partial charge in [0.15, 0.2) is 5.78 Å². The maximum absolute atomic E-state index is 13.5. The van der Waals surface area contributed by atoms with Gasteiger partial charge in [0.2, 0.25) is 5.95 Å². The second-order valence-corrected chi connectivity index (χ2v) is 7.89. The molecule has 0 bridgehead atoms. The molecule has 7 heteroatoms. The lowest BCUT2D eigenvalue weighted by Crippen LogP contribution is -2.31. The van der Waals surface area contributed by atoms with Gasteiger partial charge in [-0.2, -0.15) is 9.97 Å². The molecule has 0 saturated carbocycles. The average molecular weight is 413 g/mol. The molecule has 2 aromatic carbocycles.